The SMILES string of the molecule is CN(C)[C@H]1CS(=O)(=O)[C@H]2CN(C(=O)c3cn[nH]c3C3CCCCC3)C[C@@H]12. The molecule has 144 valence electrons. The van der Waals surface area contributed by atoms with E-state index >= 15 is 0 Å². The first-order valence-corrected chi connectivity index (χ1v) is 11.3. The van der Waals surface area contributed by atoms with Gasteiger partial charge < -0.3 is 9.80 Å². The van der Waals surface area contributed by atoms with E-state index < -0.39 is 15.1 Å². The van der Waals surface area contributed by atoms with Gasteiger partial charge in [-0.2, -0.15) is 5.10 Å². The number of sulfone groups is 1. The van der Waals surface area contributed by atoms with E-state index in [-0.39, 0.29) is 23.6 Å². The van der Waals surface area contributed by atoms with Gasteiger partial charge in [0.2, 0.25) is 0 Å². The third-order valence-electron chi connectivity index (χ3n) is 6.53. The average molecular weight is 381 g/mol. The molecule has 0 bridgehead atoms. The van der Waals surface area contributed by atoms with Crippen LogP contribution in [-0.2, 0) is 9.84 Å². The normalized spacial score (nSPS) is 31.5. The highest BCUT2D eigenvalue weighted by Gasteiger charge is 2.53. The summed E-state index contributed by atoms with van der Waals surface area (Å²) in [4.78, 5) is 16.9. The summed E-state index contributed by atoms with van der Waals surface area (Å²) in [7, 11) is 0.699. The van der Waals surface area contributed by atoms with Crippen molar-refractivity contribution in [3.8, 4) is 0 Å². The molecule has 3 heterocycles. The zero-order valence-electron chi connectivity index (χ0n) is 15.5. The Bertz CT molecular complexity index is 782. The fourth-order valence-corrected chi connectivity index (χ4v) is 7.55. The molecule has 0 aromatic carbocycles. The molecule has 1 saturated carbocycles. The van der Waals surface area contributed by atoms with Crippen LogP contribution in [-0.4, -0.2) is 78.6 Å². The van der Waals surface area contributed by atoms with E-state index in [2.05, 4.69) is 10.2 Å². The van der Waals surface area contributed by atoms with E-state index in [0.29, 0.717) is 24.6 Å². The number of aromatic amines is 1. The maximum Gasteiger partial charge on any atom is 0.257 e. The van der Waals surface area contributed by atoms with Crippen LogP contribution < -0.4 is 0 Å². The lowest BCUT2D eigenvalue weighted by Gasteiger charge is -2.25. The lowest BCUT2D eigenvalue weighted by atomic mass is 9.85. The van der Waals surface area contributed by atoms with Gasteiger partial charge >= 0.3 is 0 Å². The number of rotatable bonds is 3. The Hall–Kier alpha value is -1.41. The summed E-state index contributed by atoms with van der Waals surface area (Å²) < 4.78 is 25.1. The molecule has 8 heteroatoms. The number of fused-ring (bicyclic) bond motifs is 1. The number of amides is 1. The van der Waals surface area contributed by atoms with E-state index in [4.69, 9.17) is 0 Å². The van der Waals surface area contributed by atoms with Crippen LogP contribution in [0.15, 0.2) is 6.20 Å². The molecule has 1 aliphatic carbocycles. The summed E-state index contributed by atoms with van der Waals surface area (Å²) in [6.07, 6.45) is 7.43. The van der Waals surface area contributed by atoms with E-state index in [1.165, 1.54) is 19.3 Å². The van der Waals surface area contributed by atoms with Crippen molar-refractivity contribution in [2.75, 3.05) is 32.9 Å². The summed E-state index contributed by atoms with van der Waals surface area (Å²) >= 11 is 0. The average Bonchev–Trinajstić information content (AvgIpc) is 3.31. The molecule has 3 fully saturated rings. The minimum Gasteiger partial charge on any atom is -0.337 e. The quantitative estimate of drug-likeness (QED) is 0.853. The van der Waals surface area contributed by atoms with Crippen LogP contribution in [0, 0.1) is 5.92 Å². The smallest absolute Gasteiger partial charge is 0.257 e. The van der Waals surface area contributed by atoms with Gasteiger partial charge in [-0.15, -0.1) is 0 Å². The molecule has 7 nitrogen and oxygen atoms in total. The second-order valence-corrected chi connectivity index (χ2v) is 10.6. The fourth-order valence-electron chi connectivity index (χ4n) is 5.07. The molecule has 26 heavy (non-hydrogen) atoms. The molecule has 4 rings (SSSR count). The number of hydrogen-bond acceptors (Lipinski definition) is 5. The van der Waals surface area contributed by atoms with Gasteiger partial charge in [0.05, 0.1) is 28.5 Å². The zero-order chi connectivity index (χ0) is 18.5. The Balaban J connectivity index is 1.55. The van der Waals surface area contributed by atoms with Gasteiger partial charge in [-0.05, 0) is 26.9 Å². The van der Waals surface area contributed by atoms with E-state index in [1.807, 2.05) is 19.0 Å². The van der Waals surface area contributed by atoms with Gasteiger partial charge in [0.1, 0.15) is 0 Å². The van der Waals surface area contributed by atoms with Crippen LogP contribution in [0.25, 0.3) is 0 Å². The van der Waals surface area contributed by atoms with Crippen LogP contribution in [0.1, 0.15) is 54.1 Å². The predicted molar refractivity (Wildman–Crippen MR) is 98.9 cm³/mol. The molecular formula is C18H28N4O3S. The van der Waals surface area contributed by atoms with Crippen LogP contribution in [0.3, 0.4) is 0 Å². The van der Waals surface area contributed by atoms with Gasteiger partial charge in [-0.1, -0.05) is 19.3 Å². The molecule has 1 amide bonds. The van der Waals surface area contributed by atoms with Crippen molar-refractivity contribution in [1.29, 1.82) is 0 Å². The summed E-state index contributed by atoms with van der Waals surface area (Å²) in [6.45, 7) is 0.826. The highest BCUT2D eigenvalue weighted by molar-refractivity contribution is 7.92. The third kappa shape index (κ3) is 2.97. The van der Waals surface area contributed by atoms with Crippen molar-refractivity contribution in [3.05, 3.63) is 17.5 Å². The first kappa shape index (κ1) is 18.0. The highest BCUT2D eigenvalue weighted by Crippen LogP contribution is 2.38. The standard InChI is InChI=1S/C18H28N4O3S/c1-21(2)15-11-26(24,25)16-10-22(9-14(15)16)18(23)13-8-19-20-17(13)12-6-4-3-5-7-12/h8,12,14-16H,3-7,9-11H2,1-2H3,(H,19,20)/t14-,15-,16-/m0/s1. The first-order valence-electron chi connectivity index (χ1n) is 9.59. The number of aromatic nitrogens is 2. The molecule has 2 aliphatic heterocycles. The highest BCUT2D eigenvalue weighted by atomic mass is 32.2. The molecule has 0 radical (unpaired) electrons. The lowest BCUT2D eigenvalue weighted by Crippen LogP contribution is -2.38. The number of carbonyl (C=O) groups is 1. The van der Waals surface area contributed by atoms with Crippen LogP contribution in [0.5, 0.6) is 0 Å². The largest absolute Gasteiger partial charge is 0.337 e. The molecule has 2 saturated heterocycles. The van der Waals surface area contributed by atoms with Gasteiger partial charge in [-0.3, -0.25) is 9.89 Å². The molecule has 3 aliphatic rings. The maximum atomic E-state index is 13.1. The lowest BCUT2D eigenvalue weighted by molar-refractivity contribution is 0.0777. The number of likely N-dealkylation sites (tertiary alicyclic amines) is 1. The van der Waals surface area contributed by atoms with Crippen LogP contribution in [0.2, 0.25) is 0 Å². The number of nitrogens with zero attached hydrogens (tertiary/aromatic N) is 3. The molecule has 1 N–H and O–H groups in total. The molecule has 1 aromatic heterocycles. The minimum absolute atomic E-state index is 0.00369. The number of H-pyrrole nitrogens is 1. The van der Waals surface area contributed by atoms with Crippen molar-refractivity contribution in [2.45, 2.75) is 49.3 Å². The van der Waals surface area contributed by atoms with Crippen LogP contribution >= 0.6 is 0 Å². The second kappa shape index (κ2) is 6.64. The number of nitrogens with one attached hydrogen (secondary N) is 1. The second-order valence-electron chi connectivity index (χ2n) is 8.31. The van der Waals surface area contributed by atoms with Crippen molar-refractivity contribution in [3.63, 3.8) is 0 Å². The molecule has 3 atom stereocenters. The monoisotopic (exact) mass is 380 g/mol. The molecular weight excluding hydrogens is 352 g/mol. The summed E-state index contributed by atoms with van der Waals surface area (Å²) in [6, 6.07) is -0.00929. The van der Waals surface area contributed by atoms with Gasteiger partial charge in [0.15, 0.2) is 9.84 Å². The zero-order valence-corrected chi connectivity index (χ0v) is 16.3. The number of carbonyl (C=O) groups excluding carboxylic acids is 1. The third-order valence-corrected chi connectivity index (χ3v) is 8.76. The molecule has 1 aromatic rings. The van der Waals surface area contributed by atoms with Crippen LogP contribution in [0.4, 0.5) is 0 Å². The van der Waals surface area contributed by atoms with Crippen molar-refractivity contribution < 1.29 is 13.2 Å². The molecule has 0 spiro atoms. The topological polar surface area (TPSA) is 86.4 Å². The summed E-state index contributed by atoms with van der Waals surface area (Å²) in [5.74, 6) is 0.507. The summed E-state index contributed by atoms with van der Waals surface area (Å²) in [5, 5.41) is 6.76. The summed E-state index contributed by atoms with van der Waals surface area (Å²) in [5.41, 5.74) is 1.58. The van der Waals surface area contributed by atoms with E-state index in [0.717, 1.165) is 18.5 Å². The van der Waals surface area contributed by atoms with Gasteiger partial charge in [-0.25, -0.2) is 8.42 Å². The van der Waals surface area contributed by atoms with Gasteiger partial charge in [0, 0.05) is 31.0 Å². The van der Waals surface area contributed by atoms with Crippen molar-refractivity contribution in [1.82, 2.24) is 20.0 Å². The Labute approximate surface area is 155 Å². The predicted octanol–water partition coefficient (Wildman–Crippen LogP) is 1.26. The minimum atomic E-state index is -3.14. The number of hydrogen-bond donors (Lipinski definition) is 1. The molecule has 0 unspecified atom stereocenters. The van der Waals surface area contributed by atoms with Gasteiger partial charge in [0.25, 0.3) is 5.91 Å². The maximum absolute atomic E-state index is 13.1. The van der Waals surface area contributed by atoms with Crippen molar-refractivity contribution in [2.24, 2.45) is 5.92 Å². The fraction of sp³-hybridized carbons (Fsp3) is 0.778. The van der Waals surface area contributed by atoms with Crippen molar-refractivity contribution >= 4 is 15.7 Å². The Morgan fingerprint density at radius 3 is 2.65 bits per heavy atom. The van der Waals surface area contributed by atoms with E-state index in [9.17, 15) is 13.2 Å². The Kier molecular flexibility index (Phi) is 4.59. The Morgan fingerprint density at radius 1 is 1.23 bits per heavy atom. The van der Waals surface area contributed by atoms with E-state index in [1.54, 1.807) is 11.1 Å². The Morgan fingerprint density at radius 2 is 1.96 bits per heavy atom. The first-order chi connectivity index (χ1) is 12.4.